The summed E-state index contributed by atoms with van der Waals surface area (Å²) in [6, 6.07) is 10.1. The first-order chi connectivity index (χ1) is 11.8. The summed E-state index contributed by atoms with van der Waals surface area (Å²) in [4.78, 5) is 18.4. The summed E-state index contributed by atoms with van der Waals surface area (Å²) in [5.74, 6) is 0.00592. The van der Waals surface area contributed by atoms with Crippen molar-refractivity contribution in [3.8, 4) is 0 Å². The highest BCUT2D eigenvalue weighted by Crippen LogP contribution is 2.23. The molecule has 1 aromatic carbocycles. The van der Waals surface area contributed by atoms with Crippen molar-refractivity contribution >= 4 is 38.7 Å². The van der Waals surface area contributed by atoms with E-state index in [0.717, 1.165) is 5.69 Å². The van der Waals surface area contributed by atoms with Crippen molar-refractivity contribution in [2.45, 2.75) is 12.5 Å². The number of hydrogen-bond acceptors (Lipinski definition) is 5. The number of carbonyl (C=O) groups excluding carboxylic acids is 1. The predicted octanol–water partition coefficient (Wildman–Crippen LogP) is 2.61. The van der Waals surface area contributed by atoms with Gasteiger partial charge in [-0.05, 0) is 42.8 Å². The standard InChI is InChI=1S/C17H18ClN3O3S/c1-21(15-7-9-25(23,24)11-15)14-6-8-19-16(10-14)17(22)20-13-4-2-12(18)3-5-13/h2-6,8,10,15H,7,9,11H2,1H3,(H,20,22). The molecule has 0 aliphatic carbocycles. The van der Waals surface area contributed by atoms with E-state index in [9.17, 15) is 13.2 Å². The molecule has 8 heteroatoms. The Bertz CT molecular complexity index is 884. The number of hydrogen-bond donors (Lipinski definition) is 1. The van der Waals surface area contributed by atoms with E-state index in [0.29, 0.717) is 17.1 Å². The molecule has 1 saturated heterocycles. The van der Waals surface area contributed by atoms with E-state index in [-0.39, 0.29) is 29.1 Å². The minimum Gasteiger partial charge on any atom is -0.370 e. The minimum atomic E-state index is -2.97. The highest BCUT2D eigenvalue weighted by molar-refractivity contribution is 7.91. The number of sulfone groups is 1. The zero-order chi connectivity index (χ0) is 18.0. The number of nitrogens with zero attached hydrogens (tertiary/aromatic N) is 2. The van der Waals surface area contributed by atoms with Gasteiger partial charge in [0.1, 0.15) is 5.69 Å². The molecule has 132 valence electrons. The van der Waals surface area contributed by atoms with E-state index in [1.807, 2.05) is 11.9 Å². The second-order valence-electron chi connectivity index (χ2n) is 6.03. The summed E-state index contributed by atoms with van der Waals surface area (Å²) in [6.07, 6.45) is 2.14. The lowest BCUT2D eigenvalue weighted by molar-refractivity contribution is 0.102. The van der Waals surface area contributed by atoms with Crippen LogP contribution in [0.15, 0.2) is 42.6 Å². The van der Waals surface area contributed by atoms with Crippen LogP contribution in [-0.2, 0) is 9.84 Å². The molecule has 3 rings (SSSR count). The molecule has 1 aliphatic heterocycles. The van der Waals surface area contributed by atoms with Crippen molar-refractivity contribution in [3.63, 3.8) is 0 Å². The first-order valence-electron chi connectivity index (χ1n) is 7.80. The molecule has 1 fully saturated rings. The molecule has 1 amide bonds. The van der Waals surface area contributed by atoms with E-state index in [4.69, 9.17) is 11.6 Å². The molecule has 1 atom stereocenters. The van der Waals surface area contributed by atoms with Gasteiger partial charge in [0.15, 0.2) is 9.84 Å². The van der Waals surface area contributed by atoms with Gasteiger partial charge in [-0.15, -0.1) is 0 Å². The van der Waals surface area contributed by atoms with E-state index in [1.54, 1.807) is 42.6 Å². The number of halogens is 1. The Morgan fingerprint density at radius 1 is 1.28 bits per heavy atom. The van der Waals surface area contributed by atoms with Crippen LogP contribution in [0.2, 0.25) is 5.02 Å². The molecule has 2 heterocycles. The van der Waals surface area contributed by atoms with Gasteiger partial charge in [0.05, 0.1) is 11.5 Å². The first kappa shape index (κ1) is 17.7. The molecule has 1 N–H and O–H groups in total. The summed E-state index contributed by atoms with van der Waals surface area (Å²) in [5, 5.41) is 3.35. The number of amides is 1. The second-order valence-corrected chi connectivity index (χ2v) is 8.69. The molecule has 0 bridgehead atoms. The lowest BCUT2D eigenvalue weighted by Gasteiger charge is -2.25. The number of anilines is 2. The van der Waals surface area contributed by atoms with Gasteiger partial charge >= 0.3 is 0 Å². The molecule has 0 spiro atoms. The Balaban J connectivity index is 1.74. The third-order valence-electron chi connectivity index (χ3n) is 4.24. The predicted molar refractivity (Wildman–Crippen MR) is 99.1 cm³/mol. The Morgan fingerprint density at radius 3 is 2.64 bits per heavy atom. The third-order valence-corrected chi connectivity index (χ3v) is 6.24. The molecule has 25 heavy (non-hydrogen) atoms. The van der Waals surface area contributed by atoms with Crippen molar-refractivity contribution in [2.75, 3.05) is 28.8 Å². The summed E-state index contributed by atoms with van der Waals surface area (Å²) in [5.41, 5.74) is 1.65. The normalized spacial score (nSPS) is 18.7. The summed E-state index contributed by atoms with van der Waals surface area (Å²) >= 11 is 5.83. The van der Waals surface area contributed by atoms with Gasteiger partial charge in [0, 0.05) is 35.7 Å². The van der Waals surface area contributed by atoms with Crippen molar-refractivity contribution in [2.24, 2.45) is 0 Å². The van der Waals surface area contributed by atoms with Crippen LogP contribution >= 0.6 is 11.6 Å². The quantitative estimate of drug-likeness (QED) is 0.883. The summed E-state index contributed by atoms with van der Waals surface area (Å²) in [6.45, 7) is 0. The Hall–Kier alpha value is -2.12. The maximum absolute atomic E-state index is 12.4. The van der Waals surface area contributed by atoms with Crippen molar-refractivity contribution in [3.05, 3.63) is 53.3 Å². The van der Waals surface area contributed by atoms with Crippen LogP contribution in [0.5, 0.6) is 0 Å². The SMILES string of the molecule is CN(c1ccnc(C(=O)Nc2ccc(Cl)cc2)c1)C1CCS(=O)(=O)C1. The second kappa shape index (κ2) is 7.01. The van der Waals surface area contributed by atoms with Gasteiger partial charge in [-0.25, -0.2) is 8.42 Å². The first-order valence-corrected chi connectivity index (χ1v) is 10.0. The molecule has 1 aromatic heterocycles. The summed E-state index contributed by atoms with van der Waals surface area (Å²) < 4.78 is 23.3. The maximum Gasteiger partial charge on any atom is 0.274 e. The van der Waals surface area contributed by atoms with E-state index >= 15 is 0 Å². The van der Waals surface area contributed by atoms with E-state index in [2.05, 4.69) is 10.3 Å². The number of nitrogens with one attached hydrogen (secondary N) is 1. The topological polar surface area (TPSA) is 79.4 Å². The molecular weight excluding hydrogens is 362 g/mol. The number of pyridine rings is 1. The average molecular weight is 380 g/mol. The van der Waals surface area contributed by atoms with Crippen molar-refractivity contribution in [1.29, 1.82) is 0 Å². The highest BCUT2D eigenvalue weighted by atomic mass is 35.5. The van der Waals surface area contributed by atoms with Crippen molar-refractivity contribution in [1.82, 2.24) is 4.98 Å². The lowest BCUT2D eigenvalue weighted by atomic mass is 10.2. The van der Waals surface area contributed by atoms with Gasteiger partial charge in [-0.2, -0.15) is 0 Å². The fourth-order valence-electron chi connectivity index (χ4n) is 2.78. The minimum absolute atomic E-state index is 0.0837. The number of benzene rings is 1. The zero-order valence-corrected chi connectivity index (χ0v) is 15.2. The Labute approximate surface area is 151 Å². The van der Waals surface area contributed by atoms with Crippen LogP contribution in [0.1, 0.15) is 16.9 Å². The average Bonchev–Trinajstić information content (AvgIpc) is 2.96. The fourth-order valence-corrected chi connectivity index (χ4v) is 4.68. The molecule has 1 unspecified atom stereocenters. The number of carbonyl (C=O) groups is 1. The van der Waals surface area contributed by atoms with Gasteiger partial charge in [0.25, 0.3) is 5.91 Å². The van der Waals surface area contributed by atoms with Crippen LogP contribution in [0.25, 0.3) is 0 Å². The molecule has 0 radical (unpaired) electrons. The maximum atomic E-state index is 12.4. The van der Waals surface area contributed by atoms with E-state index < -0.39 is 9.84 Å². The van der Waals surface area contributed by atoms with E-state index in [1.165, 1.54) is 0 Å². The van der Waals surface area contributed by atoms with Crippen LogP contribution in [0.3, 0.4) is 0 Å². The molecule has 2 aromatic rings. The smallest absolute Gasteiger partial charge is 0.274 e. The van der Waals surface area contributed by atoms with Crippen LogP contribution in [0.4, 0.5) is 11.4 Å². The highest BCUT2D eigenvalue weighted by Gasteiger charge is 2.31. The largest absolute Gasteiger partial charge is 0.370 e. The Morgan fingerprint density at radius 2 is 2.00 bits per heavy atom. The van der Waals surface area contributed by atoms with Crippen molar-refractivity contribution < 1.29 is 13.2 Å². The summed E-state index contributed by atoms with van der Waals surface area (Å²) in [7, 11) is -1.13. The van der Waals surface area contributed by atoms with Crippen LogP contribution in [0, 0.1) is 0 Å². The van der Waals surface area contributed by atoms with Crippen LogP contribution in [-0.4, -0.2) is 43.9 Å². The monoisotopic (exact) mass is 379 g/mol. The molecule has 0 saturated carbocycles. The zero-order valence-electron chi connectivity index (χ0n) is 13.6. The Kier molecular flexibility index (Phi) is 4.96. The molecular formula is C17H18ClN3O3S. The number of aromatic nitrogens is 1. The molecule has 1 aliphatic rings. The van der Waals surface area contributed by atoms with Gasteiger partial charge in [-0.3, -0.25) is 9.78 Å². The third kappa shape index (κ3) is 4.29. The molecule has 6 nitrogen and oxygen atoms in total. The van der Waals surface area contributed by atoms with Gasteiger partial charge < -0.3 is 10.2 Å². The lowest BCUT2D eigenvalue weighted by Crippen LogP contribution is -2.32. The fraction of sp³-hybridized carbons (Fsp3) is 0.294. The van der Waals surface area contributed by atoms with Gasteiger partial charge in [-0.1, -0.05) is 11.6 Å². The van der Waals surface area contributed by atoms with Crippen LogP contribution < -0.4 is 10.2 Å². The van der Waals surface area contributed by atoms with Gasteiger partial charge in [0.2, 0.25) is 0 Å². The number of rotatable bonds is 4.